The van der Waals surface area contributed by atoms with Crippen LogP contribution in [0.1, 0.15) is 53.8 Å². The summed E-state index contributed by atoms with van der Waals surface area (Å²) >= 11 is 5.21. The van der Waals surface area contributed by atoms with E-state index in [-0.39, 0.29) is 5.91 Å². The number of aryl methyl sites for hydroxylation is 2. The lowest BCUT2D eigenvalue weighted by molar-refractivity contribution is 0.0907. The minimum Gasteiger partial charge on any atom is -0.391 e. The Bertz CT molecular complexity index is 544. The van der Waals surface area contributed by atoms with Crippen LogP contribution >= 0.6 is 12.2 Å². The van der Waals surface area contributed by atoms with E-state index >= 15 is 0 Å². The number of amides is 1. The number of carbonyl (C=O) groups is 1. The Labute approximate surface area is 124 Å². The third-order valence-electron chi connectivity index (χ3n) is 4.27. The van der Waals surface area contributed by atoms with Gasteiger partial charge < -0.3 is 11.1 Å². The van der Waals surface area contributed by atoms with Crippen molar-refractivity contribution < 1.29 is 4.79 Å². The number of nitrogens with one attached hydrogen (secondary N) is 1. The Kier molecular flexibility index (Phi) is 4.13. The van der Waals surface area contributed by atoms with Crippen molar-refractivity contribution in [2.75, 3.05) is 0 Å². The van der Waals surface area contributed by atoms with Crippen LogP contribution in [0, 0.1) is 13.8 Å². The molecule has 3 N–H and O–H groups in total. The van der Waals surface area contributed by atoms with E-state index in [0.717, 1.165) is 37.1 Å². The van der Waals surface area contributed by atoms with E-state index in [4.69, 9.17) is 18.0 Å². The molecule has 1 amide bonds. The van der Waals surface area contributed by atoms with Gasteiger partial charge in [-0.25, -0.2) is 0 Å². The van der Waals surface area contributed by atoms with Gasteiger partial charge in [0.15, 0.2) is 0 Å². The Morgan fingerprint density at radius 2 is 1.95 bits per heavy atom. The van der Waals surface area contributed by atoms with Crippen LogP contribution in [0.2, 0.25) is 0 Å². The zero-order chi connectivity index (χ0) is 14.9. The molecule has 0 atom stereocenters. The molecule has 6 heteroatoms. The number of thiocarbonyl (C=S) groups is 1. The van der Waals surface area contributed by atoms with Crippen molar-refractivity contribution in [3.05, 3.63) is 17.0 Å². The van der Waals surface area contributed by atoms with Gasteiger partial charge in [0.2, 0.25) is 0 Å². The summed E-state index contributed by atoms with van der Waals surface area (Å²) in [6.07, 6.45) is 4.91. The summed E-state index contributed by atoms with van der Waals surface area (Å²) in [6.45, 7) is 3.74. The molecule has 1 aliphatic rings. The predicted molar refractivity (Wildman–Crippen MR) is 82.7 cm³/mol. The van der Waals surface area contributed by atoms with E-state index in [1.54, 1.807) is 4.68 Å². The molecule has 1 aliphatic carbocycles. The quantitative estimate of drug-likeness (QED) is 0.833. The summed E-state index contributed by atoms with van der Waals surface area (Å²) in [4.78, 5) is 13.0. The number of carbonyl (C=O) groups excluding carboxylic acids is 1. The normalized spacial score (nSPS) is 17.8. The highest BCUT2D eigenvalue weighted by atomic mass is 32.1. The van der Waals surface area contributed by atoms with Gasteiger partial charge in [0, 0.05) is 12.7 Å². The van der Waals surface area contributed by atoms with Crippen LogP contribution in [-0.2, 0) is 7.05 Å². The smallest absolute Gasteiger partial charge is 0.255 e. The summed E-state index contributed by atoms with van der Waals surface area (Å²) in [5, 5.41) is 7.37. The van der Waals surface area contributed by atoms with Gasteiger partial charge in [0.1, 0.15) is 0 Å². The van der Waals surface area contributed by atoms with E-state index < -0.39 is 5.54 Å². The van der Waals surface area contributed by atoms with Crippen molar-refractivity contribution in [2.45, 2.75) is 51.5 Å². The van der Waals surface area contributed by atoms with Gasteiger partial charge in [0.25, 0.3) is 5.91 Å². The van der Waals surface area contributed by atoms with Crippen molar-refractivity contribution in [3.8, 4) is 0 Å². The van der Waals surface area contributed by atoms with Crippen LogP contribution in [0.15, 0.2) is 0 Å². The molecule has 5 nitrogen and oxygen atoms in total. The van der Waals surface area contributed by atoms with Crippen LogP contribution in [0.25, 0.3) is 0 Å². The Morgan fingerprint density at radius 1 is 1.35 bits per heavy atom. The van der Waals surface area contributed by atoms with E-state index in [9.17, 15) is 4.79 Å². The Morgan fingerprint density at radius 3 is 2.40 bits per heavy atom. The molecular weight excluding hydrogens is 272 g/mol. The van der Waals surface area contributed by atoms with Gasteiger partial charge in [-0.15, -0.1) is 0 Å². The summed E-state index contributed by atoms with van der Waals surface area (Å²) in [5.41, 5.74) is 7.60. The van der Waals surface area contributed by atoms with E-state index in [0.29, 0.717) is 10.6 Å². The van der Waals surface area contributed by atoms with Crippen molar-refractivity contribution >= 4 is 23.1 Å². The summed E-state index contributed by atoms with van der Waals surface area (Å²) in [6, 6.07) is 0. The topological polar surface area (TPSA) is 72.9 Å². The zero-order valence-electron chi connectivity index (χ0n) is 12.3. The standard InChI is InChI=1S/C14H22N4OS/c1-9-11(10(2)18(3)17-9)12(19)16-14(13(15)20)7-5-4-6-8-14/h4-8H2,1-3H3,(H2,15,20)(H,16,19). The Balaban J connectivity index is 2.27. The van der Waals surface area contributed by atoms with Crippen molar-refractivity contribution in [1.82, 2.24) is 15.1 Å². The van der Waals surface area contributed by atoms with Crippen LogP contribution in [0.3, 0.4) is 0 Å². The number of rotatable bonds is 3. The molecule has 1 fully saturated rings. The molecule has 2 rings (SSSR count). The summed E-state index contributed by atoms with van der Waals surface area (Å²) < 4.78 is 1.72. The molecule has 1 aromatic heterocycles. The fourth-order valence-corrected chi connectivity index (χ4v) is 3.23. The highest BCUT2D eigenvalue weighted by molar-refractivity contribution is 7.80. The molecule has 20 heavy (non-hydrogen) atoms. The molecule has 0 spiro atoms. The van der Waals surface area contributed by atoms with Gasteiger partial charge in [-0.1, -0.05) is 31.5 Å². The van der Waals surface area contributed by atoms with Gasteiger partial charge >= 0.3 is 0 Å². The number of aromatic nitrogens is 2. The second-order valence-corrected chi connectivity index (χ2v) is 6.07. The lowest BCUT2D eigenvalue weighted by Crippen LogP contribution is -2.57. The Hall–Kier alpha value is -1.43. The minimum atomic E-state index is -0.528. The largest absolute Gasteiger partial charge is 0.391 e. The third-order valence-corrected chi connectivity index (χ3v) is 4.66. The van der Waals surface area contributed by atoms with Crippen LogP contribution in [-0.4, -0.2) is 26.2 Å². The van der Waals surface area contributed by atoms with E-state index in [2.05, 4.69) is 10.4 Å². The van der Waals surface area contributed by atoms with Crippen LogP contribution < -0.4 is 11.1 Å². The number of nitrogens with two attached hydrogens (primary N) is 1. The van der Waals surface area contributed by atoms with Crippen LogP contribution in [0.4, 0.5) is 0 Å². The highest BCUT2D eigenvalue weighted by Crippen LogP contribution is 2.29. The maximum atomic E-state index is 12.6. The molecule has 0 saturated heterocycles. The first-order chi connectivity index (χ1) is 9.37. The van der Waals surface area contributed by atoms with Crippen molar-refractivity contribution in [3.63, 3.8) is 0 Å². The molecule has 0 radical (unpaired) electrons. The van der Waals surface area contributed by atoms with Gasteiger partial charge in [0.05, 0.1) is 21.8 Å². The second-order valence-electron chi connectivity index (χ2n) is 5.63. The number of hydrogen-bond acceptors (Lipinski definition) is 3. The SMILES string of the molecule is Cc1nn(C)c(C)c1C(=O)NC1(C(N)=S)CCCCC1. The molecule has 1 saturated carbocycles. The molecular formula is C14H22N4OS. The summed E-state index contributed by atoms with van der Waals surface area (Å²) in [5.74, 6) is -0.122. The number of hydrogen-bond donors (Lipinski definition) is 2. The van der Waals surface area contributed by atoms with Crippen LogP contribution in [0.5, 0.6) is 0 Å². The second kappa shape index (κ2) is 5.52. The zero-order valence-corrected chi connectivity index (χ0v) is 13.1. The van der Waals surface area contributed by atoms with Crippen molar-refractivity contribution in [2.24, 2.45) is 12.8 Å². The van der Waals surface area contributed by atoms with Gasteiger partial charge in [-0.05, 0) is 26.7 Å². The first kappa shape index (κ1) is 15.0. The van der Waals surface area contributed by atoms with Gasteiger partial charge in [-0.3, -0.25) is 9.48 Å². The molecule has 0 aliphatic heterocycles. The maximum absolute atomic E-state index is 12.6. The average molecular weight is 294 g/mol. The highest BCUT2D eigenvalue weighted by Gasteiger charge is 2.37. The molecule has 0 unspecified atom stereocenters. The molecule has 110 valence electrons. The predicted octanol–water partition coefficient (Wildman–Crippen LogP) is 1.76. The molecule has 1 aromatic rings. The number of nitrogens with zero attached hydrogens (tertiary/aromatic N) is 2. The molecule has 1 heterocycles. The lowest BCUT2D eigenvalue weighted by atomic mass is 9.81. The van der Waals surface area contributed by atoms with Gasteiger partial charge in [-0.2, -0.15) is 5.10 Å². The molecule has 0 bridgehead atoms. The summed E-state index contributed by atoms with van der Waals surface area (Å²) in [7, 11) is 1.84. The van der Waals surface area contributed by atoms with Crippen molar-refractivity contribution in [1.29, 1.82) is 0 Å². The fourth-order valence-electron chi connectivity index (χ4n) is 2.97. The fraction of sp³-hybridized carbons (Fsp3) is 0.643. The monoisotopic (exact) mass is 294 g/mol. The maximum Gasteiger partial charge on any atom is 0.255 e. The third kappa shape index (κ3) is 2.57. The van der Waals surface area contributed by atoms with E-state index in [1.165, 1.54) is 6.42 Å². The molecule has 0 aromatic carbocycles. The lowest BCUT2D eigenvalue weighted by Gasteiger charge is -2.37. The average Bonchev–Trinajstić information content (AvgIpc) is 2.64. The minimum absolute atomic E-state index is 0.122. The first-order valence-electron chi connectivity index (χ1n) is 7.00. The first-order valence-corrected chi connectivity index (χ1v) is 7.41. The van der Waals surface area contributed by atoms with E-state index in [1.807, 2.05) is 20.9 Å².